The number of imidazole rings is 1. The number of H-pyrrole nitrogens is 1. The Balaban J connectivity index is 1.56. The monoisotopic (exact) mass is 377 g/mol. The van der Waals surface area contributed by atoms with Gasteiger partial charge in [0, 0.05) is 30.4 Å². The Kier molecular flexibility index (Phi) is 4.48. The molecule has 1 atom stereocenters. The van der Waals surface area contributed by atoms with Crippen LogP contribution in [-0.4, -0.2) is 41.2 Å². The normalized spacial score (nSPS) is 12.2. The predicted octanol–water partition coefficient (Wildman–Crippen LogP) is 1.34. The van der Waals surface area contributed by atoms with Gasteiger partial charge in [0.25, 0.3) is 5.91 Å². The highest BCUT2D eigenvalue weighted by molar-refractivity contribution is 5.95. The van der Waals surface area contributed by atoms with E-state index in [1.807, 2.05) is 31.2 Å². The molecule has 0 saturated carbocycles. The number of carbonyl (C=O) groups excluding carboxylic acids is 1. The van der Waals surface area contributed by atoms with Crippen molar-refractivity contribution in [3.05, 3.63) is 65.2 Å². The van der Waals surface area contributed by atoms with Crippen LogP contribution >= 0.6 is 0 Å². The van der Waals surface area contributed by atoms with Crippen LogP contribution in [0.1, 0.15) is 17.3 Å². The molecule has 0 aliphatic carbocycles. The summed E-state index contributed by atoms with van der Waals surface area (Å²) >= 11 is 0. The Labute approximate surface area is 160 Å². The maximum absolute atomic E-state index is 12.6. The second-order valence-electron chi connectivity index (χ2n) is 6.65. The molecule has 0 fully saturated rings. The van der Waals surface area contributed by atoms with E-state index in [1.54, 1.807) is 30.3 Å². The number of hydrogen-bond donors (Lipinski definition) is 2. The van der Waals surface area contributed by atoms with Gasteiger partial charge in [-0.3, -0.25) is 19.0 Å². The first-order chi connectivity index (χ1) is 13.5. The third kappa shape index (κ3) is 3.41. The SMILES string of the molecule is CC(Cn1cncn1)NC(=O)c1cccc(-c2cnc3[nH]c(=O)n(C)c3c2)c1. The van der Waals surface area contributed by atoms with Gasteiger partial charge in [-0.2, -0.15) is 5.10 Å². The van der Waals surface area contributed by atoms with Gasteiger partial charge in [-0.15, -0.1) is 0 Å². The van der Waals surface area contributed by atoms with Crippen LogP contribution in [0.5, 0.6) is 0 Å². The van der Waals surface area contributed by atoms with Gasteiger partial charge in [0.15, 0.2) is 5.65 Å². The number of nitrogens with zero attached hydrogens (tertiary/aromatic N) is 5. The number of aryl methyl sites for hydroxylation is 1. The van der Waals surface area contributed by atoms with Crippen molar-refractivity contribution in [2.24, 2.45) is 7.05 Å². The molecule has 9 heteroatoms. The lowest BCUT2D eigenvalue weighted by molar-refractivity contribution is 0.0936. The van der Waals surface area contributed by atoms with E-state index in [0.717, 1.165) is 11.1 Å². The predicted molar refractivity (Wildman–Crippen MR) is 104 cm³/mol. The lowest BCUT2D eigenvalue weighted by Crippen LogP contribution is -2.35. The Morgan fingerprint density at radius 3 is 2.93 bits per heavy atom. The van der Waals surface area contributed by atoms with E-state index in [0.29, 0.717) is 23.3 Å². The van der Waals surface area contributed by atoms with Gasteiger partial charge in [0.05, 0.1) is 12.1 Å². The number of rotatable bonds is 5. The minimum Gasteiger partial charge on any atom is -0.348 e. The Hall–Kier alpha value is -3.75. The number of carbonyl (C=O) groups is 1. The third-order valence-electron chi connectivity index (χ3n) is 4.52. The molecule has 3 heterocycles. The molecule has 0 spiro atoms. The van der Waals surface area contributed by atoms with Gasteiger partial charge in [0.2, 0.25) is 0 Å². The number of fused-ring (bicyclic) bond motifs is 1. The minimum absolute atomic E-state index is 0.106. The highest BCUT2D eigenvalue weighted by Crippen LogP contribution is 2.22. The molecule has 0 saturated heterocycles. The van der Waals surface area contributed by atoms with Crippen molar-refractivity contribution < 1.29 is 4.79 Å². The van der Waals surface area contributed by atoms with Crippen LogP contribution in [0.2, 0.25) is 0 Å². The van der Waals surface area contributed by atoms with E-state index in [-0.39, 0.29) is 17.6 Å². The largest absolute Gasteiger partial charge is 0.348 e. The molecule has 142 valence electrons. The maximum Gasteiger partial charge on any atom is 0.327 e. The van der Waals surface area contributed by atoms with E-state index >= 15 is 0 Å². The summed E-state index contributed by atoms with van der Waals surface area (Å²) in [6.45, 7) is 2.45. The lowest BCUT2D eigenvalue weighted by atomic mass is 10.0. The Morgan fingerprint density at radius 2 is 2.14 bits per heavy atom. The van der Waals surface area contributed by atoms with Crippen molar-refractivity contribution in [2.75, 3.05) is 0 Å². The molecule has 1 aromatic carbocycles. The smallest absolute Gasteiger partial charge is 0.327 e. The van der Waals surface area contributed by atoms with Crippen molar-refractivity contribution in [1.29, 1.82) is 0 Å². The molecule has 0 radical (unpaired) electrons. The summed E-state index contributed by atoms with van der Waals surface area (Å²) in [4.78, 5) is 35.3. The number of aromatic nitrogens is 6. The van der Waals surface area contributed by atoms with Crippen molar-refractivity contribution in [3.63, 3.8) is 0 Å². The number of aromatic amines is 1. The molecule has 9 nitrogen and oxygen atoms in total. The zero-order valence-corrected chi connectivity index (χ0v) is 15.5. The Bertz CT molecular complexity index is 1190. The van der Waals surface area contributed by atoms with Crippen molar-refractivity contribution in [2.45, 2.75) is 19.5 Å². The van der Waals surface area contributed by atoms with E-state index < -0.39 is 0 Å². The van der Waals surface area contributed by atoms with Gasteiger partial charge in [-0.25, -0.2) is 14.8 Å². The molecule has 0 aliphatic heterocycles. The molecule has 0 bridgehead atoms. The topological polar surface area (TPSA) is 110 Å². The van der Waals surface area contributed by atoms with Gasteiger partial charge in [0.1, 0.15) is 12.7 Å². The zero-order chi connectivity index (χ0) is 19.7. The molecule has 28 heavy (non-hydrogen) atoms. The van der Waals surface area contributed by atoms with Crippen LogP contribution in [0.15, 0.2) is 54.0 Å². The second kappa shape index (κ2) is 7.10. The van der Waals surface area contributed by atoms with Crippen LogP contribution in [0.3, 0.4) is 0 Å². The van der Waals surface area contributed by atoms with Crippen LogP contribution in [0.4, 0.5) is 0 Å². The van der Waals surface area contributed by atoms with Crippen LogP contribution in [-0.2, 0) is 13.6 Å². The summed E-state index contributed by atoms with van der Waals surface area (Å²) in [7, 11) is 1.69. The first-order valence-corrected chi connectivity index (χ1v) is 8.80. The fraction of sp³-hybridized carbons (Fsp3) is 0.211. The van der Waals surface area contributed by atoms with Crippen molar-refractivity contribution >= 4 is 17.1 Å². The molecule has 3 aromatic heterocycles. The molecule has 0 aliphatic rings. The molecule has 1 amide bonds. The first kappa shape index (κ1) is 17.7. The maximum atomic E-state index is 12.6. The quantitative estimate of drug-likeness (QED) is 0.545. The van der Waals surface area contributed by atoms with Gasteiger partial charge in [-0.1, -0.05) is 12.1 Å². The van der Waals surface area contributed by atoms with E-state index in [2.05, 4.69) is 25.4 Å². The van der Waals surface area contributed by atoms with Gasteiger partial charge in [-0.05, 0) is 30.7 Å². The number of nitrogens with one attached hydrogen (secondary N) is 2. The van der Waals surface area contributed by atoms with Crippen molar-refractivity contribution in [3.8, 4) is 11.1 Å². The molecular formula is C19H19N7O2. The van der Waals surface area contributed by atoms with Crippen LogP contribution < -0.4 is 11.0 Å². The number of hydrogen-bond acceptors (Lipinski definition) is 5. The Morgan fingerprint density at radius 1 is 1.29 bits per heavy atom. The first-order valence-electron chi connectivity index (χ1n) is 8.80. The number of amides is 1. The molecule has 4 aromatic rings. The van der Waals surface area contributed by atoms with E-state index in [1.165, 1.54) is 10.9 Å². The highest BCUT2D eigenvalue weighted by Gasteiger charge is 2.12. The average molecular weight is 377 g/mol. The van der Waals surface area contributed by atoms with Gasteiger partial charge < -0.3 is 5.32 Å². The van der Waals surface area contributed by atoms with Crippen LogP contribution in [0, 0.1) is 0 Å². The van der Waals surface area contributed by atoms with E-state index in [9.17, 15) is 9.59 Å². The number of benzene rings is 1. The molecular weight excluding hydrogens is 358 g/mol. The lowest BCUT2D eigenvalue weighted by Gasteiger charge is -2.14. The summed E-state index contributed by atoms with van der Waals surface area (Å²) < 4.78 is 3.18. The molecule has 4 rings (SSSR count). The molecule has 1 unspecified atom stereocenters. The summed E-state index contributed by atoms with van der Waals surface area (Å²) in [5, 5.41) is 7.01. The van der Waals surface area contributed by atoms with Crippen molar-refractivity contribution in [1.82, 2.24) is 34.6 Å². The van der Waals surface area contributed by atoms with Crippen LogP contribution in [0.25, 0.3) is 22.3 Å². The number of pyridine rings is 1. The fourth-order valence-corrected chi connectivity index (χ4v) is 3.06. The standard InChI is InChI=1S/C19H19N7O2/c1-12(9-26-11-20-10-22-26)23-18(27)14-5-3-4-13(6-14)15-7-16-17(21-8-15)24-19(28)25(16)2/h3-8,10-12H,9H2,1-2H3,(H,23,27)(H,21,24,28). The zero-order valence-electron chi connectivity index (χ0n) is 15.5. The fourth-order valence-electron chi connectivity index (χ4n) is 3.06. The summed E-state index contributed by atoms with van der Waals surface area (Å²) in [6.07, 6.45) is 4.76. The highest BCUT2D eigenvalue weighted by atomic mass is 16.2. The van der Waals surface area contributed by atoms with E-state index in [4.69, 9.17) is 0 Å². The minimum atomic E-state index is -0.214. The summed E-state index contributed by atoms with van der Waals surface area (Å²) in [6, 6.07) is 9.08. The summed E-state index contributed by atoms with van der Waals surface area (Å²) in [5.41, 5.74) is 3.25. The average Bonchev–Trinajstić information content (AvgIpc) is 3.29. The van der Waals surface area contributed by atoms with Gasteiger partial charge >= 0.3 is 5.69 Å². The second-order valence-corrected chi connectivity index (χ2v) is 6.65. The summed E-state index contributed by atoms with van der Waals surface area (Å²) in [5.74, 6) is -0.169. The molecule has 2 N–H and O–H groups in total. The third-order valence-corrected chi connectivity index (χ3v) is 4.52.